The predicted molar refractivity (Wildman–Crippen MR) is 52.6 cm³/mol. The van der Waals surface area contributed by atoms with Gasteiger partial charge >= 0.3 is 16.4 Å². The highest BCUT2D eigenvalue weighted by Crippen LogP contribution is 2.09. The summed E-state index contributed by atoms with van der Waals surface area (Å²) < 4.78 is 30.3. The number of nitrogens with zero attached hydrogens (tertiary/aromatic N) is 1. The molecule has 0 aliphatic carbocycles. The lowest BCUT2D eigenvalue weighted by molar-refractivity contribution is -0.184. The van der Waals surface area contributed by atoms with Crippen LogP contribution in [0.5, 0.6) is 0 Å². The summed E-state index contributed by atoms with van der Waals surface area (Å²) in [5.41, 5.74) is 0.450. The molecule has 16 heavy (non-hydrogen) atoms. The molecule has 1 rings (SSSR count). The van der Waals surface area contributed by atoms with Crippen LogP contribution < -0.4 is 0 Å². The van der Waals surface area contributed by atoms with Gasteiger partial charge in [0.2, 0.25) is 0 Å². The average Bonchev–Trinajstić information content (AvgIpc) is 2.25. The Kier molecular flexibility index (Phi) is 3.82. The number of rotatable bonds is 3. The fourth-order valence-electron chi connectivity index (χ4n) is 1.04. The van der Waals surface area contributed by atoms with Crippen molar-refractivity contribution in [2.75, 3.05) is 0 Å². The maximum Gasteiger partial charge on any atom is 0.456 e. The van der Waals surface area contributed by atoms with Crippen LogP contribution in [-0.2, 0) is 21.7 Å². The molecule has 0 heterocycles. The van der Waals surface area contributed by atoms with E-state index >= 15 is 0 Å². The van der Waals surface area contributed by atoms with E-state index in [1.54, 1.807) is 30.3 Å². The fraction of sp³-hybridized carbons (Fsp3) is 0.125. The quantitative estimate of drug-likeness (QED) is 0.467. The Hall–Kier alpha value is -1.64. The molecule has 0 aromatic heterocycles. The van der Waals surface area contributed by atoms with Gasteiger partial charge in [0.05, 0.1) is 6.54 Å². The van der Waals surface area contributed by atoms with Gasteiger partial charge in [0, 0.05) is 0 Å². The molecule has 0 saturated heterocycles. The monoisotopic (exact) mass is 247 g/mol. The van der Waals surface area contributed by atoms with Crippen LogP contribution in [0.25, 0.3) is 0 Å². The summed E-state index contributed by atoms with van der Waals surface area (Å²) in [4.78, 5) is 14.1. The van der Waals surface area contributed by atoms with Crippen molar-refractivity contribution in [1.29, 1.82) is 0 Å². The van der Waals surface area contributed by atoms with Crippen LogP contribution in [0.2, 0.25) is 0 Å². The van der Waals surface area contributed by atoms with Gasteiger partial charge in [-0.1, -0.05) is 30.3 Å². The van der Waals surface area contributed by atoms with Crippen LogP contribution in [-0.4, -0.2) is 28.6 Å². The summed E-state index contributed by atoms with van der Waals surface area (Å²) in [6.07, 6.45) is -1.58. The lowest BCUT2D eigenvalue weighted by Gasteiger charge is -2.15. The molecule has 0 aliphatic heterocycles. The number of hydrogen-bond donors (Lipinski definition) is 2. The minimum Gasteiger partial charge on any atom is -0.277 e. The fourth-order valence-corrected chi connectivity index (χ4v) is 1.57. The number of benzene rings is 1. The van der Waals surface area contributed by atoms with Gasteiger partial charge in [0.25, 0.3) is 0 Å². The second-order valence-electron chi connectivity index (χ2n) is 2.83. The number of hydrogen-bond acceptors (Lipinski definition) is 5. The highest BCUT2D eigenvalue weighted by molar-refractivity contribution is 7.83. The van der Waals surface area contributed by atoms with Crippen molar-refractivity contribution >= 4 is 16.4 Å². The molecule has 0 radical (unpaired) electrons. The molecule has 2 N–H and O–H groups in total. The minimum absolute atomic E-state index is 0.0116. The topological polar surface area (TPSA) is 104 Å². The van der Waals surface area contributed by atoms with Gasteiger partial charge in [-0.2, -0.15) is 18.0 Å². The SMILES string of the molecule is O=C(OO)N(Cc1ccccc1)S(=O)(=O)O. The van der Waals surface area contributed by atoms with Crippen LogP contribution in [0, 0.1) is 0 Å². The smallest absolute Gasteiger partial charge is 0.277 e. The summed E-state index contributed by atoms with van der Waals surface area (Å²) in [7, 11) is -4.78. The molecular weight excluding hydrogens is 238 g/mol. The largest absolute Gasteiger partial charge is 0.456 e. The molecule has 8 heteroatoms. The molecule has 1 aromatic carbocycles. The van der Waals surface area contributed by atoms with Crippen molar-refractivity contribution in [2.45, 2.75) is 6.54 Å². The Labute approximate surface area is 91.7 Å². The molecule has 0 spiro atoms. The van der Waals surface area contributed by atoms with Crippen molar-refractivity contribution in [3.8, 4) is 0 Å². The standard InChI is InChI=1S/C8H9NO6S/c10-8(15-11)9(16(12,13)14)6-7-4-2-1-3-5-7/h1-5,11H,6H2,(H,12,13,14). The number of carbonyl (C=O) groups is 1. The lowest BCUT2D eigenvalue weighted by Crippen LogP contribution is -2.35. The first-order chi connectivity index (χ1) is 7.45. The number of carbonyl (C=O) groups excluding carboxylic acids is 1. The van der Waals surface area contributed by atoms with Gasteiger partial charge in [0.1, 0.15) is 0 Å². The first kappa shape index (κ1) is 12.4. The summed E-state index contributed by atoms with van der Waals surface area (Å²) in [6.45, 7) is -0.431. The number of amides is 1. The zero-order valence-electron chi connectivity index (χ0n) is 7.98. The maximum atomic E-state index is 10.9. The van der Waals surface area contributed by atoms with Crippen molar-refractivity contribution in [3.05, 3.63) is 35.9 Å². The third-order valence-corrected chi connectivity index (χ3v) is 2.56. The van der Waals surface area contributed by atoms with E-state index in [4.69, 9.17) is 9.81 Å². The first-order valence-corrected chi connectivity index (χ1v) is 5.49. The normalized spacial score (nSPS) is 10.9. The maximum absolute atomic E-state index is 10.9. The highest BCUT2D eigenvalue weighted by Gasteiger charge is 2.27. The molecule has 1 aromatic rings. The van der Waals surface area contributed by atoms with Gasteiger partial charge in [-0.05, 0) is 5.56 Å². The summed E-state index contributed by atoms with van der Waals surface area (Å²) in [5, 5.41) is 8.08. The van der Waals surface area contributed by atoms with Crippen LogP contribution in [0.15, 0.2) is 30.3 Å². The van der Waals surface area contributed by atoms with Crippen molar-refractivity contribution in [2.24, 2.45) is 0 Å². The highest BCUT2D eigenvalue weighted by atomic mass is 32.2. The third kappa shape index (κ3) is 3.19. The third-order valence-electron chi connectivity index (χ3n) is 1.73. The molecule has 0 aliphatic rings. The van der Waals surface area contributed by atoms with Crippen LogP contribution in [0.3, 0.4) is 0 Å². The van der Waals surface area contributed by atoms with Gasteiger partial charge in [-0.3, -0.25) is 9.44 Å². The van der Waals surface area contributed by atoms with E-state index in [0.29, 0.717) is 5.56 Å². The van der Waals surface area contributed by atoms with E-state index < -0.39 is 22.9 Å². The first-order valence-electron chi connectivity index (χ1n) is 4.09. The molecule has 0 fully saturated rings. The second kappa shape index (κ2) is 4.92. The minimum atomic E-state index is -4.78. The van der Waals surface area contributed by atoms with E-state index in [2.05, 4.69) is 4.89 Å². The summed E-state index contributed by atoms with van der Waals surface area (Å²) in [5.74, 6) is 0. The van der Waals surface area contributed by atoms with E-state index in [1.807, 2.05) is 0 Å². The zero-order chi connectivity index (χ0) is 12.2. The molecular formula is C8H9NO6S. The zero-order valence-corrected chi connectivity index (χ0v) is 8.79. The average molecular weight is 247 g/mol. The van der Waals surface area contributed by atoms with Crippen molar-refractivity contribution in [1.82, 2.24) is 4.31 Å². The lowest BCUT2D eigenvalue weighted by atomic mass is 10.2. The second-order valence-corrected chi connectivity index (χ2v) is 4.16. The molecule has 88 valence electrons. The molecule has 0 saturated carbocycles. The van der Waals surface area contributed by atoms with Crippen LogP contribution in [0.4, 0.5) is 4.79 Å². The van der Waals surface area contributed by atoms with Gasteiger partial charge in [-0.25, -0.2) is 4.79 Å². The van der Waals surface area contributed by atoms with E-state index in [-0.39, 0.29) is 4.31 Å². The molecule has 0 unspecified atom stereocenters. The van der Waals surface area contributed by atoms with E-state index in [9.17, 15) is 13.2 Å². The Morgan fingerprint density at radius 3 is 2.31 bits per heavy atom. The Morgan fingerprint density at radius 1 is 1.31 bits per heavy atom. The van der Waals surface area contributed by atoms with E-state index in [1.165, 1.54) is 0 Å². The summed E-state index contributed by atoms with van der Waals surface area (Å²) >= 11 is 0. The summed E-state index contributed by atoms with van der Waals surface area (Å²) in [6, 6.07) is 8.04. The van der Waals surface area contributed by atoms with Crippen LogP contribution >= 0.6 is 0 Å². The van der Waals surface area contributed by atoms with E-state index in [0.717, 1.165) is 0 Å². The Morgan fingerprint density at radius 2 is 1.88 bits per heavy atom. The molecule has 7 nitrogen and oxygen atoms in total. The van der Waals surface area contributed by atoms with Crippen LogP contribution in [0.1, 0.15) is 5.56 Å². The molecule has 0 bridgehead atoms. The van der Waals surface area contributed by atoms with Gasteiger partial charge < -0.3 is 0 Å². The molecule has 1 amide bonds. The van der Waals surface area contributed by atoms with Gasteiger partial charge in [0.15, 0.2) is 0 Å². The Bertz CT molecular complexity index is 457. The predicted octanol–water partition coefficient (Wildman–Crippen LogP) is 0.901. The van der Waals surface area contributed by atoms with Gasteiger partial charge in [-0.15, -0.1) is 0 Å². The van der Waals surface area contributed by atoms with Crippen molar-refractivity contribution in [3.63, 3.8) is 0 Å². The van der Waals surface area contributed by atoms with Crippen molar-refractivity contribution < 1.29 is 27.9 Å². The molecule has 0 atom stereocenters. The Balaban J connectivity index is 2.93.